The molecule has 164 valence electrons. The van der Waals surface area contributed by atoms with Gasteiger partial charge in [0.2, 0.25) is 0 Å². The molecule has 0 spiro atoms. The Kier molecular flexibility index (Phi) is 5.86. The predicted octanol–water partition coefficient (Wildman–Crippen LogP) is 5.07. The number of aromatic nitrogens is 2. The van der Waals surface area contributed by atoms with Gasteiger partial charge in [0.1, 0.15) is 5.65 Å². The number of carboxylic acid groups (broad SMARTS) is 1. The first-order valence-electron chi connectivity index (χ1n) is 10.1. The Morgan fingerprint density at radius 1 is 1.21 bits per heavy atom. The van der Waals surface area contributed by atoms with E-state index in [0.29, 0.717) is 44.3 Å². The number of halogens is 1. The minimum absolute atomic E-state index is 0.134. The topological polar surface area (TPSA) is 107 Å². The van der Waals surface area contributed by atoms with Gasteiger partial charge in [-0.05, 0) is 44.2 Å². The number of hydrogen-bond donors (Lipinski definition) is 2. The summed E-state index contributed by atoms with van der Waals surface area (Å²) in [6.45, 7) is 3.54. The molecule has 1 atom stereocenters. The van der Waals surface area contributed by atoms with E-state index in [1.165, 1.54) is 16.7 Å². The number of para-hydroxylation sites is 1. The maximum Gasteiger partial charge on any atom is 0.337 e. The molecule has 2 heterocycles. The lowest BCUT2D eigenvalue weighted by Crippen LogP contribution is -2.21. The summed E-state index contributed by atoms with van der Waals surface area (Å²) in [5.41, 5.74) is 3.53. The predicted molar refractivity (Wildman–Crippen MR) is 127 cm³/mol. The number of nitrogens with one attached hydrogen (secondary N) is 1. The second-order valence-electron chi connectivity index (χ2n) is 7.60. The van der Waals surface area contributed by atoms with E-state index in [2.05, 4.69) is 11.4 Å². The SMILES string of the molecule is Cc1c(-c2ccc(C#N)cc2)nc2c([C@@H](C)Nc3ccccc3C(=O)O)cc(Cl)cn2c1=O. The summed E-state index contributed by atoms with van der Waals surface area (Å²) in [4.78, 5) is 29.6. The zero-order valence-electron chi connectivity index (χ0n) is 17.8. The maximum atomic E-state index is 13.2. The molecule has 0 aliphatic rings. The van der Waals surface area contributed by atoms with Crippen molar-refractivity contribution < 1.29 is 9.90 Å². The molecule has 2 aromatic heterocycles. The lowest BCUT2D eigenvalue weighted by molar-refractivity contribution is 0.0698. The first kappa shape index (κ1) is 22.1. The molecule has 0 saturated heterocycles. The molecule has 2 N–H and O–H groups in total. The van der Waals surface area contributed by atoms with Crippen molar-refractivity contribution in [1.82, 2.24) is 9.38 Å². The summed E-state index contributed by atoms with van der Waals surface area (Å²) < 4.78 is 1.40. The minimum atomic E-state index is -1.05. The van der Waals surface area contributed by atoms with Gasteiger partial charge in [-0.15, -0.1) is 0 Å². The number of rotatable bonds is 5. The Bertz CT molecular complexity index is 1490. The number of aromatic carboxylic acids is 1. The van der Waals surface area contributed by atoms with Crippen molar-refractivity contribution in [3.63, 3.8) is 0 Å². The zero-order valence-corrected chi connectivity index (χ0v) is 18.6. The molecule has 7 nitrogen and oxygen atoms in total. The number of carbonyl (C=O) groups is 1. The van der Waals surface area contributed by atoms with E-state index < -0.39 is 12.0 Å². The lowest BCUT2D eigenvalue weighted by atomic mass is 10.0. The van der Waals surface area contributed by atoms with Crippen LogP contribution in [-0.2, 0) is 0 Å². The Labute approximate surface area is 194 Å². The average Bonchev–Trinajstić information content (AvgIpc) is 2.81. The summed E-state index contributed by atoms with van der Waals surface area (Å²) in [7, 11) is 0. The van der Waals surface area contributed by atoms with E-state index in [-0.39, 0.29) is 11.1 Å². The molecule has 0 unspecified atom stereocenters. The first-order valence-corrected chi connectivity index (χ1v) is 10.5. The van der Waals surface area contributed by atoms with E-state index in [9.17, 15) is 14.7 Å². The van der Waals surface area contributed by atoms with Gasteiger partial charge in [0.25, 0.3) is 5.56 Å². The molecule has 4 aromatic rings. The summed E-state index contributed by atoms with van der Waals surface area (Å²) in [6.07, 6.45) is 1.52. The highest BCUT2D eigenvalue weighted by Gasteiger charge is 2.19. The van der Waals surface area contributed by atoms with Crippen LogP contribution in [0, 0.1) is 18.3 Å². The van der Waals surface area contributed by atoms with Gasteiger partial charge in [0, 0.05) is 28.6 Å². The minimum Gasteiger partial charge on any atom is -0.478 e. The summed E-state index contributed by atoms with van der Waals surface area (Å²) >= 11 is 6.33. The fourth-order valence-electron chi connectivity index (χ4n) is 3.73. The molecule has 4 rings (SSSR count). The van der Waals surface area contributed by atoms with Crippen molar-refractivity contribution >= 4 is 28.9 Å². The van der Waals surface area contributed by atoms with Gasteiger partial charge >= 0.3 is 5.97 Å². The van der Waals surface area contributed by atoms with Gasteiger partial charge in [-0.3, -0.25) is 9.20 Å². The Morgan fingerprint density at radius 2 is 1.91 bits per heavy atom. The van der Waals surface area contributed by atoms with Crippen LogP contribution in [-0.4, -0.2) is 20.5 Å². The summed E-state index contributed by atoms with van der Waals surface area (Å²) in [6, 6.07) is 16.8. The molecule has 8 heteroatoms. The van der Waals surface area contributed by atoms with Gasteiger partial charge in [-0.2, -0.15) is 5.26 Å². The van der Waals surface area contributed by atoms with Crippen molar-refractivity contribution in [3.8, 4) is 17.3 Å². The highest BCUT2D eigenvalue weighted by Crippen LogP contribution is 2.29. The summed E-state index contributed by atoms with van der Waals surface area (Å²) in [5.74, 6) is -1.05. The van der Waals surface area contributed by atoms with E-state index in [4.69, 9.17) is 21.8 Å². The van der Waals surface area contributed by atoms with Crippen LogP contribution in [0.1, 0.15) is 40.0 Å². The Hall–Kier alpha value is -4.15. The molecule has 33 heavy (non-hydrogen) atoms. The largest absolute Gasteiger partial charge is 0.478 e. The zero-order chi connectivity index (χ0) is 23.7. The van der Waals surface area contributed by atoms with Crippen LogP contribution in [0.2, 0.25) is 5.02 Å². The maximum absolute atomic E-state index is 13.2. The average molecular weight is 459 g/mol. The molecule has 0 aliphatic heterocycles. The van der Waals surface area contributed by atoms with E-state index in [1.807, 2.05) is 6.92 Å². The van der Waals surface area contributed by atoms with Crippen LogP contribution >= 0.6 is 11.6 Å². The highest BCUT2D eigenvalue weighted by molar-refractivity contribution is 6.30. The van der Waals surface area contributed by atoms with Gasteiger partial charge in [-0.1, -0.05) is 35.9 Å². The number of carboxylic acids is 1. The van der Waals surface area contributed by atoms with Crippen LogP contribution in [0.25, 0.3) is 16.9 Å². The molecular weight excluding hydrogens is 440 g/mol. The molecule has 0 fully saturated rings. The second kappa shape index (κ2) is 8.77. The van der Waals surface area contributed by atoms with Crippen molar-refractivity contribution in [2.24, 2.45) is 0 Å². The molecule has 2 aromatic carbocycles. The third-order valence-corrected chi connectivity index (χ3v) is 5.63. The molecule has 0 bridgehead atoms. The number of anilines is 1. The number of pyridine rings is 1. The number of benzene rings is 2. The third kappa shape index (κ3) is 4.16. The van der Waals surface area contributed by atoms with Crippen molar-refractivity contribution in [2.75, 3.05) is 5.32 Å². The Morgan fingerprint density at radius 3 is 2.58 bits per heavy atom. The second-order valence-corrected chi connectivity index (χ2v) is 8.04. The monoisotopic (exact) mass is 458 g/mol. The lowest BCUT2D eigenvalue weighted by Gasteiger charge is -2.20. The smallest absolute Gasteiger partial charge is 0.337 e. The molecule has 0 amide bonds. The molecule has 0 radical (unpaired) electrons. The molecule has 0 saturated carbocycles. The number of nitriles is 1. The third-order valence-electron chi connectivity index (χ3n) is 5.43. The van der Waals surface area contributed by atoms with Gasteiger partial charge in [-0.25, -0.2) is 9.78 Å². The van der Waals surface area contributed by atoms with Gasteiger partial charge in [0.05, 0.1) is 34.0 Å². The van der Waals surface area contributed by atoms with E-state index >= 15 is 0 Å². The van der Waals surface area contributed by atoms with E-state index in [1.54, 1.807) is 55.5 Å². The Balaban J connectivity index is 1.88. The number of fused-ring (bicyclic) bond motifs is 1. The normalized spacial score (nSPS) is 11.7. The van der Waals surface area contributed by atoms with Gasteiger partial charge < -0.3 is 10.4 Å². The quantitative estimate of drug-likeness (QED) is 0.432. The first-order chi connectivity index (χ1) is 15.8. The van der Waals surface area contributed by atoms with Crippen LogP contribution in [0.3, 0.4) is 0 Å². The van der Waals surface area contributed by atoms with Crippen molar-refractivity contribution in [3.05, 3.63) is 98.4 Å². The standard InChI is InChI=1S/C25H19ClN4O3/c1-14-22(17-9-7-16(12-27)8-10-17)29-23-20(11-18(26)13-30(23)24(14)31)15(2)28-21-6-4-3-5-19(21)25(32)33/h3-11,13,15,28H,1-2H3,(H,32,33)/t15-/m1/s1. The van der Waals surface area contributed by atoms with Crippen LogP contribution in [0.4, 0.5) is 5.69 Å². The van der Waals surface area contributed by atoms with Crippen LogP contribution in [0.5, 0.6) is 0 Å². The van der Waals surface area contributed by atoms with Crippen molar-refractivity contribution in [2.45, 2.75) is 19.9 Å². The van der Waals surface area contributed by atoms with E-state index in [0.717, 1.165) is 0 Å². The number of nitrogens with zero attached hydrogens (tertiary/aromatic N) is 3. The van der Waals surface area contributed by atoms with Crippen molar-refractivity contribution in [1.29, 1.82) is 5.26 Å². The molecular formula is C25H19ClN4O3. The summed E-state index contributed by atoms with van der Waals surface area (Å²) in [5, 5.41) is 22.1. The molecule has 0 aliphatic carbocycles. The fraction of sp³-hybridized carbons (Fsp3) is 0.120. The van der Waals surface area contributed by atoms with Gasteiger partial charge in [0.15, 0.2) is 0 Å². The highest BCUT2D eigenvalue weighted by atomic mass is 35.5. The van der Waals surface area contributed by atoms with Crippen LogP contribution in [0.15, 0.2) is 65.6 Å². The fourth-order valence-corrected chi connectivity index (χ4v) is 3.94. The van der Waals surface area contributed by atoms with Crippen LogP contribution < -0.4 is 10.9 Å². The number of hydrogen-bond acceptors (Lipinski definition) is 5.